The van der Waals surface area contributed by atoms with E-state index < -0.39 is 0 Å². The van der Waals surface area contributed by atoms with E-state index in [4.69, 9.17) is 9.84 Å². The molecule has 1 aromatic carbocycles. The molecule has 4 rings (SSSR count). The van der Waals surface area contributed by atoms with Crippen molar-refractivity contribution in [3.05, 3.63) is 60.6 Å². The fraction of sp³-hybridized carbons (Fsp3) is 0.182. The van der Waals surface area contributed by atoms with Crippen LogP contribution in [0, 0.1) is 0 Å². The summed E-state index contributed by atoms with van der Waals surface area (Å²) in [7, 11) is 3.43. The fourth-order valence-corrected chi connectivity index (χ4v) is 3.06. The molecule has 0 bridgehead atoms. The number of aliphatic hydroxyl groups is 1. The number of hydrogen-bond acceptors (Lipinski definition) is 7. The quantitative estimate of drug-likeness (QED) is 0.423. The van der Waals surface area contributed by atoms with Crippen LogP contribution in [0.25, 0.3) is 22.3 Å². The van der Waals surface area contributed by atoms with Crippen LogP contribution in [-0.2, 0) is 0 Å². The number of aliphatic hydroxyl groups excluding tert-OH is 1. The molecule has 0 saturated carbocycles. The van der Waals surface area contributed by atoms with Gasteiger partial charge in [-0.3, -0.25) is 9.78 Å². The van der Waals surface area contributed by atoms with E-state index in [0.717, 1.165) is 16.6 Å². The number of nitrogens with one attached hydrogen (secondary N) is 2. The molecule has 0 unspecified atom stereocenters. The highest BCUT2D eigenvalue weighted by Crippen LogP contribution is 2.24. The molecule has 0 aliphatic heterocycles. The first kappa shape index (κ1) is 20.3. The fourth-order valence-electron chi connectivity index (χ4n) is 3.06. The Balaban J connectivity index is 1.56. The second-order valence-electron chi connectivity index (χ2n) is 7.02. The maximum atomic E-state index is 12.2. The highest BCUT2D eigenvalue weighted by atomic mass is 16.5. The van der Waals surface area contributed by atoms with Crippen molar-refractivity contribution in [1.82, 2.24) is 24.8 Å². The van der Waals surface area contributed by atoms with Crippen molar-refractivity contribution in [2.45, 2.75) is 0 Å². The number of hydrogen-bond donors (Lipinski definition) is 3. The van der Waals surface area contributed by atoms with Gasteiger partial charge in [0.15, 0.2) is 0 Å². The minimum Gasteiger partial charge on any atom is -0.491 e. The normalized spacial score (nSPS) is 10.8. The first-order valence-electron chi connectivity index (χ1n) is 9.68. The lowest BCUT2D eigenvalue weighted by atomic mass is 10.2. The summed E-state index contributed by atoms with van der Waals surface area (Å²) in [6, 6.07) is 12.8. The molecule has 0 spiro atoms. The molecular formula is C22H22N6O3. The van der Waals surface area contributed by atoms with Gasteiger partial charge in [-0.15, -0.1) is 0 Å². The van der Waals surface area contributed by atoms with Gasteiger partial charge in [-0.1, -0.05) is 0 Å². The lowest BCUT2D eigenvalue weighted by molar-refractivity contribution is 0.0823. The summed E-state index contributed by atoms with van der Waals surface area (Å²) in [6.07, 6.45) is 3.28. The van der Waals surface area contributed by atoms with E-state index in [9.17, 15) is 4.79 Å². The second-order valence-corrected chi connectivity index (χ2v) is 7.02. The Morgan fingerprint density at radius 3 is 2.74 bits per heavy atom. The van der Waals surface area contributed by atoms with E-state index in [2.05, 4.69) is 25.3 Å². The van der Waals surface area contributed by atoms with Crippen LogP contribution in [0.5, 0.6) is 5.75 Å². The summed E-state index contributed by atoms with van der Waals surface area (Å²) in [5.41, 5.74) is 3.46. The van der Waals surface area contributed by atoms with Crippen LogP contribution < -0.4 is 10.1 Å². The summed E-state index contributed by atoms with van der Waals surface area (Å²) >= 11 is 0. The van der Waals surface area contributed by atoms with Crippen molar-refractivity contribution in [2.75, 3.05) is 32.6 Å². The van der Waals surface area contributed by atoms with Crippen molar-refractivity contribution in [2.24, 2.45) is 0 Å². The zero-order valence-electron chi connectivity index (χ0n) is 17.2. The van der Waals surface area contributed by atoms with Gasteiger partial charge in [-0.25, -0.2) is 9.97 Å². The van der Waals surface area contributed by atoms with Gasteiger partial charge in [0.05, 0.1) is 18.0 Å². The molecule has 3 heterocycles. The van der Waals surface area contributed by atoms with Crippen molar-refractivity contribution < 1.29 is 14.6 Å². The van der Waals surface area contributed by atoms with Crippen molar-refractivity contribution in [3.8, 4) is 17.1 Å². The van der Waals surface area contributed by atoms with E-state index in [1.807, 2.05) is 24.3 Å². The SMILES string of the molecule is CN(C)C(=O)c1cc2cc(Nc3nccc(-c4cc(OCCO)ccn4)n3)ccc2[nH]1. The first-order chi connectivity index (χ1) is 15.0. The average Bonchev–Trinajstić information content (AvgIpc) is 3.21. The molecule has 9 nitrogen and oxygen atoms in total. The van der Waals surface area contributed by atoms with E-state index >= 15 is 0 Å². The van der Waals surface area contributed by atoms with Gasteiger partial charge in [0, 0.05) is 49.1 Å². The van der Waals surface area contributed by atoms with Gasteiger partial charge in [-0.2, -0.15) is 0 Å². The van der Waals surface area contributed by atoms with Crippen LogP contribution >= 0.6 is 0 Å². The third kappa shape index (κ3) is 4.62. The largest absolute Gasteiger partial charge is 0.491 e. The van der Waals surface area contributed by atoms with Gasteiger partial charge in [0.1, 0.15) is 18.1 Å². The Labute approximate surface area is 178 Å². The maximum Gasteiger partial charge on any atom is 0.269 e. The third-order valence-electron chi connectivity index (χ3n) is 4.52. The molecule has 0 aliphatic carbocycles. The minimum absolute atomic E-state index is 0.0600. The van der Waals surface area contributed by atoms with E-state index in [1.165, 1.54) is 4.90 Å². The predicted molar refractivity (Wildman–Crippen MR) is 117 cm³/mol. The number of fused-ring (bicyclic) bond motifs is 1. The van der Waals surface area contributed by atoms with Crippen LogP contribution in [-0.4, -0.2) is 63.2 Å². The summed E-state index contributed by atoms with van der Waals surface area (Å²) in [5.74, 6) is 0.938. The van der Waals surface area contributed by atoms with Crippen molar-refractivity contribution in [3.63, 3.8) is 0 Å². The molecule has 158 valence electrons. The van der Waals surface area contributed by atoms with Crippen LogP contribution in [0.1, 0.15) is 10.5 Å². The van der Waals surface area contributed by atoms with Crippen molar-refractivity contribution in [1.29, 1.82) is 0 Å². The van der Waals surface area contributed by atoms with Crippen LogP contribution in [0.4, 0.5) is 11.6 Å². The van der Waals surface area contributed by atoms with Gasteiger partial charge >= 0.3 is 0 Å². The van der Waals surface area contributed by atoms with Gasteiger partial charge in [0.25, 0.3) is 5.91 Å². The number of pyridine rings is 1. The number of aromatic amines is 1. The third-order valence-corrected chi connectivity index (χ3v) is 4.52. The van der Waals surface area contributed by atoms with E-state index in [1.54, 1.807) is 44.7 Å². The zero-order valence-corrected chi connectivity index (χ0v) is 17.2. The van der Waals surface area contributed by atoms with Crippen LogP contribution in [0.3, 0.4) is 0 Å². The second kappa shape index (κ2) is 8.80. The molecular weight excluding hydrogens is 396 g/mol. The Bertz CT molecular complexity index is 1220. The highest BCUT2D eigenvalue weighted by Gasteiger charge is 2.12. The number of rotatable bonds is 7. The smallest absolute Gasteiger partial charge is 0.269 e. The van der Waals surface area contributed by atoms with Gasteiger partial charge in [-0.05, 0) is 36.4 Å². The first-order valence-corrected chi connectivity index (χ1v) is 9.68. The summed E-state index contributed by atoms with van der Waals surface area (Å²) < 4.78 is 5.44. The highest BCUT2D eigenvalue weighted by molar-refractivity contribution is 5.98. The molecule has 3 aromatic heterocycles. The molecule has 3 N–H and O–H groups in total. The molecule has 31 heavy (non-hydrogen) atoms. The number of anilines is 2. The lowest BCUT2D eigenvalue weighted by Crippen LogP contribution is -2.21. The van der Waals surface area contributed by atoms with Crippen LogP contribution in [0.2, 0.25) is 0 Å². The van der Waals surface area contributed by atoms with Crippen LogP contribution in [0.15, 0.2) is 54.9 Å². The Morgan fingerprint density at radius 2 is 1.94 bits per heavy atom. The minimum atomic E-state index is -0.0838. The molecule has 4 aromatic rings. The Morgan fingerprint density at radius 1 is 1.10 bits per heavy atom. The number of amides is 1. The van der Waals surface area contributed by atoms with Gasteiger partial charge in [0.2, 0.25) is 5.95 Å². The molecule has 0 fully saturated rings. The summed E-state index contributed by atoms with van der Waals surface area (Å²) in [4.78, 5) is 30.0. The maximum absolute atomic E-state index is 12.2. The topological polar surface area (TPSA) is 116 Å². The number of benzene rings is 1. The number of nitrogens with zero attached hydrogens (tertiary/aromatic N) is 4. The summed E-state index contributed by atoms with van der Waals surface area (Å²) in [5, 5.41) is 13.0. The zero-order chi connectivity index (χ0) is 21.8. The molecule has 0 atom stereocenters. The molecule has 1 amide bonds. The lowest BCUT2D eigenvalue weighted by Gasteiger charge is -2.08. The molecule has 0 saturated heterocycles. The number of H-pyrrole nitrogens is 1. The predicted octanol–water partition coefficient (Wildman–Crippen LogP) is 2.84. The monoisotopic (exact) mass is 418 g/mol. The molecule has 0 radical (unpaired) electrons. The van der Waals surface area contributed by atoms with Gasteiger partial charge < -0.3 is 25.0 Å². The van der Waals surface area contributed by atoms with E-state index in [0.29, 0.717) is 28.8 Å². The molecule has 9 heteroatoms. The Hall–Kier alpha value is -3.98. The number of ether oxygens (including phenoxy) is 1. The molecule has 0 aliphatic rings. The number of carbonyl (C=O) groups is 1. The summed E-state index contributed by atoms with van der Waals surface area (Å²) in [6.45, 7) is 0.152. The van der Waals surface area contributed by atoms with E-state index in [-0.39, 0.29) is 19.1 Å². The number of carbonyl (C=O) groups excluding carboxylic acids is 1. The number of aromatic nitrogens is 4. The standard InChI is InChI=1S/C22H22N6O3/c1-28(2)21(30)20-12-14-11-15(3-4-17(14)26-20)25-22-24-8-6-18(27-22)19-13-16(5-7-23-19)31-10-9-29/h3-8,11-13,26,29H,9-10H2,1-2H3,(H,24,25,27). The average molecular weight is 418 g/mol. The Kier molecular flexibility index (Phi) is 5.76. The van der Waals surface area contributed by atoms with Crippen molar-refractivity contribution >= 4 is 28.4 Å².